The van der Waals surface area contributed by atoms with Gasteiger partial charge in [0, 0.05) is 6.54 Å². The van der Waals surface area contributed by atoms with Crippen LogP contribution in [0.1, 0.15) is 46.5 Å². The Labute approximate surface area is 118 Å². The highest BCUT2D eigenvalue weighted by Crippen LogP contribution is 2.40. The monoisotopic (exact) mass is 263 g/mol. The number of rotatable bonds is 6. The van der Waals surface area contributed by atoms with E-state index in [0.29, 0.717) is 5.92 Å². The average Bonchev–Trinajstić information content (AvgIpc) is 3.23. The van der Waals surface area contributed by atoms with Crippen molar-refractivity contribution in [1.29, 1.82) is 5.26 Å². The van der Waals surface area contributed by atoms with Crippen molar-refractivity contribution in [2.24, 2.45) is 17.8 Å². The molecule has 3 heteroatoms. The highest BCUT2D eigenvalue weighted by Gasteiger charge is 2.46. The Balaban J connectivity index is 1.90. The van der Waals surface area contributed by atoms with Crippen LogP contribution in [0.4, 0.5) is 0 Å². The van der Waals surface area contributed by atoms with Crippen molar-refractivity contribution in [2.45, 2.75) is 52.0 Å². The summed E-state index contributed by atoms with van der Waals surface area (Å²) in [6.45, 7) is 10.9. The zero-order chi connectivity index (χ0) is 13.9. The lowest BCUT2D eigenvalue weighted by Crippen LogP contribution is -2.55. The van der Waals surface area contributed by atoms with Crippen LogP contribution in [0.15, 0.2) is 0 Å². The smallest absolute Gasteiger partial charge is 0.122 e. The Morgan fingerprint density at radius 1 is 1.26 bits per heavy atom. The first-order chi connectivity index (χ1) is 9.11. The van der Waals surface area contributed by atoms with Gasteiger partial charge in [-0.2, -0.15) is 5.26 Å². The second-order valence-corrected chi connectivity index (χ2v) is 6.75. The molecular formula is C16H29N3. The molecule has 1 heterocycles. The summed E-state index contributed by atoms with van der Waals surface area (Å²) in [5.74, 6) is 2.27. The molecule has 1 atom stereocenters. The summed E-state index contributed by atoms with van der Waals surface area (Å²) in [4.78, 5) is 2.52. The van der Waals surface area contributed by atoms with Gasteiger partial charge in [0.2, 0.25) is 0 Å². The molecule has 2 aliphatic rings. The minimum Gasteiger partial charge on any atom is -0.300 e. The summed E-state index contributed by atoms with van der Waals surface area (Å²) < 4.78 is 0. The summed E-state index contributed by atoms with van der Waals surface area (Å²) in [6, 6.07) is 2.61. The summed E-state index contributed by atoms with van der Waals surface area (Å²) in [7, 11) is 0. The molecular weight excluding hydrogens is 234 g/mol. The molecule has 1 aliphatic heterocycles. The van der Waals surface area contributed by atoms with E-state index in [9.17, 15) is 5.26 Å². The van der Waals surface area contributed by atoms with Gasteiger partial charge in [-0.3, -0.25) is 5.32 Å². The topological polar surface area (TPSA) is 39.1 Å². The van der Waals surface area contributed by atoms with Gasteiger partial charge in [0.15, 0.2) is 0 Å². The van der Waals surface area contributed by atoms with E-state index in [2.05, 4.69) is 37.1 Å². The van der Waals surface area contributed by atoms with Gasteiger partial charge < -0.3 is 4.90 Å². The Bertz CT molecular complexity index is 321. The van der Waals surface area contributed by atoms with Crippen molar-refractivity contribution in [2.75, 3.05) is 26.2 Å². The molecule has 2 fully saturated rings. The molecule has 2 rings (SSSR count). The predicted octanol–water partition coefficient (Wildman–Crippen LogP) is 2.64. The highest BCUT2D eigenvalue weighted by atomic mass is 15.2. The third-order valence-electron chi connectivity index (χ3n) is 5.01. The van der Waals surface area contributed by atoms with Crippen LogP contribution in [0.3, 0.4) is 0 Å². The van der Waals surface area contributed by atoms with Gasteiger partial charge in [0.05, 0.1) is 6.07 Å². The quantitative estimate of drug-likeness (QED) is 0.800. The van der Waals surface area contributed by atoms with E-state index in [4.69, 9.17) is 0 Å². The summed E-state index contributed by atoms with van der Waals surface area (Å²) in [6.07, 6.45) is 5.05. The third kappa shape index (κ3) is 3.49. The van der Waals surface area contributed by atoms with Gasteiger partial charge in [0.1, 0.15) is 5.54 Å². The second kappa shape index (κ2) is 6.24. The largest absolute Gasteiger partial charge is 0.300 e. The van der Waals surface area contributed by atoms with E-state index in [0.717, 1.165) is 24.9 Å². The van der Waals surface area contributed by atoms with Gasteiger partial charge in [-0.25, -0.2) is 0 Å². The zero-order valence-electron chi connectivity index (χ0n) is 12.8. The van der Waals surface area contributed by atoms with Crippen LogP contribution in [-0.2, 0) is 0 Å². The zero-order valence-corrected chi connectivity index (χ0v) is 12.8. The lowest BCUT2D eigenvalue weighted by molar-refractivity contribution is 0.126. The van der Waals surface area contributed by atoms with Gasteiger partial charge >= 0.3 is 0 Å². The number of nitrogens with zero attached hydrogens (tertiary/aromatic N) is 2. The van der Waals surface area contributed by atoms with Crippen LogP contribution >= 0.6 is 0 Å². The number of likely N-dealkylation sites (tertiary alicyclic amines) is 1. The molecule has 0 aromatic heterocycles. The number of hydrogen-bond acceptors (Lipinski definition) is 3. The standard InChI is InChI=1S/C16H29N3/c1-4-18-16(11-17,15-5-6-15)12-19-9-7-14(8-10-19)13(2)3/h13-15,18H,4-10,12H2,1-3H3. The average molecular weight is 263 g/mol. The number of nitrogens with one attached hydrogen (secondary N) is 1. The minimum absolute atomic E-state index is 0.278. The Morgan fingerprint density at radius 2 is 1.89 bits per heavy atom. The number of nitriles is 1. The molecule has 0 amide bonds. The fourth-order valence-electron chi connectivity index (χ4n) is 3.52. The van der Waals surface area contributed by atoms with E-state index >= 15 is 0 Å². The maximum atomic E-state index is 9.65. The summed E-state index contributed by atoms with van der Waals surface area (Å²) in [5.41, 5.74) is -0.278. The van der Waals surface area contributed by atoms with Crippen LogP contribution in [0.25, 0.3) is 0 Å². The maximum Gasteiger partial charge on any atom is 0.122 e. The number of hydrogen-bond donors (Lipinski definition) is 1. The summed E-state index contributed by atoms with van der Waals surface area (Å²) >= 11 is 0. The first-order valence-electron chi connectivity index (χ1n) is 8.00. The fourth-order valence-corrected chi connectivity index (χ4v) is 3.52. The van der Waals surface area contributed by atoms with Crippen LogP contribution in [0.2, 0.25) is 0 Å². The molecule has 108 valence electrons. The Hall–Kier alpha value is -0.590. The van der Waals surface area contributed by atoms with Crippen molar-refractivity contribution < 1.29 is 0 Å². The van der Waals surface area contributed by atoms with Crippen LogP contribution in [-0.4, -0.2) is 36.6 Å². The van der Waals surface area contributed by atoms with Gasteiger partial charge in [-0.1, -0.05) is 20.8 Å². The van der Waals surface area contributed by atoms with Crippen LogP contribution in [0, 0.1) is 29.1 Å². The molecule has 1 saturated carbocycles. The maximum absolute atomic E-state index is 9.65. The molecule has 3 nitrogen and oxygen atoms in total. The molecule has 0 radical (unpaired) electrons. The van der Waals surface area contributed by atoms with Crippen molar-refractivity contribution in [3.63, 3.8) is 0 Å². The fraction of sp³-hybridized carbons (Fsp3) is 0.938. The van der Waals surface area contributed by atoms with Crippen molar-refractivity contribution in [1.82, 2.24) is 10.2 Å². The first-order valence-corrected chi connectivity index (χ1v) is 8.00. The third-order valence-corrected chi connectivity index (χ3v) is 5.01. The second-order valence-electron chi connectivity index (χ2n) is 6.75. The predicted molar refractivity (Wildman–Crippen MR) is 78.7 cm³/mol. The van der Waals surface area contributed by atoms with E-state index in [-0.39, 0.29) is 5.54 Å². The Kier molecular flexibility index (Phi) is 4.86. The van der Waals surface area contributed by atoms with E-state index in [1.807, 2.05) is 0 Å². The van der Waals surface area contributed by atoms with Crippen molar-refractivity contribution in [3.05, 3.63) is 0 Å². The highest BCUT2D eigenvalue weighted by molar-refractivity contribution is 5.16. The van der Waals surface area contributed by atoms with Crippen LogP contribution in [0.5, 0.6) is 0 Å². The molecule has 1 unspecified atom stereocenters. The van der Waals surface area contributed by atoms with Gasteiger partial charge in [-0.05, 0) is 63.1 Å². The molecule has 19 heavy (non-hydrogen) atoms. The molecule has 0 aromatic carbocycles. The molecule has 0 aromatic rings. The SMILES string of the molecule is CCNC(C#N)(CN1CCC(C(C)C)CC1)C1CC1. The van der Waals surface area contributed by atoms with Crippen molar-refractivity contribution >= 4 is 0 Å². The minimum atomic E-state index is -0.278. The lowest BCUT2D eigenvalue weighted by atomic mass is 9.85. The van der Waals surface area contributed by atoms with Gasteiger partial charge in [-0.15, -0.1) is 0 Å². The lowest BCUT2D eigenvalue weighted by Gasteiger charge is -2.39. The Morgan fingerprint density at radius 3 is 2.32 bits per heavy atom. The van der Waals surface area contributed by atoms with E-state index in [1.54, 1.807) is 0 Å². The molecule has 1 aliphatic carbocycles. The van der Waals surface area contributed by atoms with E-state index in [1.165, 1.54) is 38.8 Å². The number of piperidine rings is 1. The molecule has 0 bridgehead atoms. The summed E-state index contributed by atoms with van der Waals surface area (Å²) in [5, 5.41) is 13.1. The van der Waals surface area contributed by atoms with E-state index < -0.39 is 0 Å². The molecule has 1 N–H and O–H groups in total. The van der Waals surface area contributed by atoms with Gasteiger partial charge in [0.25, 0.3) is 0 Å². The number of likely N-dealkylation sites (N-methyl/N-ethyl adjacent to an activating group) is 1. The van der Waals surface area contributed by atoms with Crippen molar-refractivity contribution in [3.8, 4) is 6.07 Å². The van der Waals surface area contributed by atoms with Crippen LogP contribution < -0.4 is 5.32 Å². The molecule has 1 saturated heterocycles. The first kappa shape index (κ1) is 14.8. The normalized spacial score (nSPS) is 25.2. The molecule has 0 spiro atoms.